The molecule has 1 atom stereocenters. The minimum atomic E-state index is -4.27. The molecule has 252 valence electrons. The van der Waals surface area contributed by atoms with Crippen molar-refractivity contribution in [1.29, 1.82) is 0 Å². The maximum Gasteiger partial charge on any atom is 0.264 e. The minimum absolute atomic E-state index is 0.00216. The third-order valence-corrected chi connectivity index (χ3v) is 10.2. The van der Waals surface area contributed by atoms with Gasteiger partial charge in [0.2, 0.25) is 11.8 Å². The van der Waals surface area contributed by atoms with E-state index in [-0.39, 0.29) is 23.5 Å². The quantitative estimate of drug-likeness (QED) is 0.127. The fourth-order valence-corrected chi connectivity index (χ4v) is 7.21. The Labute approximate surface area is 296 Å². The lowest BCUT2D eigenvalue weighted by atomic mass is 10.0. The summed E-state index contributed by atoms with van der Waals surface area (Å²) < 4.78 is 35.4. The van der Waals surface area contributed by atoms with Crippen LogP contribution in [0.3, 0.4) is 0 Å². The fraction of sp³-hybridized carbons (Fsp3) is 0.158. The van der Waals surface area contributed by atoms with Crippen LogP contribution in [0, 0.1) is 0 Å². The number of anilines is 1. The number of hydrogen-bond acceptors (Lipinski definition) is 5. The molecule has 5 rings (SSSR count). The van der Waals surface area contributed by atoms with Crippen LogP contribution in [0.4, 0.5) is 5.69 Å². The van der Waals surface area contributed by atoms with E-state index < -0.39 is 34.4 Å². The lowest BCUT2D eigenvalue weighted by molar-refractivity contribution is -0.140. The highest BCUT2D eigenvalue weighted by Gasteiger charge is 2.35. The largest absolute Gasteiger partial charge is 0.457 e. The Morgan fingerprint density at radius 3 is 1.88 bits per heavy atom. The smallest absolute Gasteiger partial charge is 0.264 e. The normalized spacial score (nSPS) is 11.7. The summed E-state index contributed by atoms with van der Waals surface area (Å²) in [5.74, 6) is 0.0606. The van der Waals surface area contributed by atoms with Crippen molar-refractivity contribution < 1.29 is 22.7 Å². The van der Waals surface area contributed by atoms with Gasteiger partial charge in [0.25, 0.3) is 10.0 Å². The maximum atomic E-state index is 14.6. The number of nitrogens with zero attached hydrogens (tertiary/aromatic N) is 2. The van der Waals surface area contributed by atoms with E-state index in [1.807, 2.05) is 48.5 Å². The Kier molecular flexibility index (Phi) is 12.0. The monoisotopic (exact) mass is 715 g/mol. The topological polar surface area (TPSA) is 96.0 Å². The van der Waals surface area contributed by atoms with Gasteiger partial charge < -0.3 is 15.0 Å². The van der Waals surface area contributed by atoms with Gasteiger partial charge in [0.05, 0.1) is 10.6 Å². The molecule has 0 aliphatic rings. The average Bonchev–Trinajstić information content (AvgIpc) is 3.11. The number of carbonyl (C=O) groups excluding carboxylic acids is 2. The van der Waals surface area contributed by atoms with Crippen LogP contribution >= 0.6 is 23.2 Å². The molecule has 0 fully saturated rings. The molecule has 0 saturated carbocycles. The highest BCUT2D eigenvalue weighted by Crippen LogP contribution is 2.30. The van der Waals surface area contributed by atoms with Crippen LogP contribution in [0.1, 0.15) is 18.1 Å². The Bertz CT molecular complexity index is 1940. The van der Waals surface area contributed by atoms with Crippen LogP contribution in [-0.2, 0) is 32.6 Å². The van der Waals surface area contributed by atoms with Crippen molar-refractivity contribution in [3.05, 3.63) is 155 Å². The van der Waals surface area contributed by atoms with E-state index in [1.54, 1.807) is 79.7 Å². The number of para-hydroxylation sites is 1. The molecule has 0 heterocycles. The summed E-state index contributed by atoms with van der Waals surface area (Å²) in [7, 11) is -4.27. The molecule has 5 aromatic rings. The van der Waals surface area contributed by atoms with Crippen molar-refractivity contribution >= 4 is 50.7 Å². The van der Waals surface area contributed by atoms with Gasteiger partial charge in [0, 0.05) is 35.1 Å². The van der Waals surface area contributed by atoms with Gasteiger partial charge in [-0.15, -0.1) is 0 Å². The van der Waals surface area contributed by atoms with Crippen molar-refractivity contribution in [2.75, 3.05) is 17.4 Å². The summed E-state index contributed by atoms with van der Waals surface area (Å²) in [6.07, 6.45) is 0.164. The zero-order chi connectivity index (χ0) is 34.8. The summed E-state index contributed by atoms with van der Waals surface area (Å²) >= 11 is 13.1. The highest BCUT2D eigenvalue weighted by molar-refractivity contribution is 7.92. The molecule has 0 bridgehead atoms. The number of rotatable bonds is 14. The van der Waals surface area contributed by atoms with Crippen LogP contribution in [-0.4, -0.2) is 44.3 Å². The Morgan fingerprint density at radius 2 is 1.29 bits per heavy atom. The van der Waals surface area contributed by atoms with E-state index in [2.05, 4.69) is 5.32 Å². The number of likely N-dealkylation sites (N-methyl/N-ethyl adjacent to an activating group) is 1. The van der Waals surface area contributed by atoms with Crippen molar-refractivity contribution in [2.24, 2.45) is 0 Å². The third kappa shape index (κ3) is 9.00. The molecular formula is C38H35Cl2N3O5S. The number of hydrogen-bond donors (Lipinski definition) is 1. The highest BCUT2D eigenvalue weighted by atomic mass is 35.5. The maximum absolute atomic E-state index is 14.6. The number of halogens is 2. The predicted octanol–water partition coefficient (Wildman–Crippen LogP) is 7.76. The first-order valence-corrected chi connectivity index (χ1v) is 17.8. The van der Waals surface area contributed by atoms with Crippen molar-refractivity contribution in [1.82, 2.24) is 10.2 Å². The van der Waals surface area contributed by atoms with Gasteiger partial charge in [-0.3, -0.25) is 13.9 Å². The number of nitrogens with one attached hydrogen (secondary N) is 1. The standard InChI is InChI=1S/C38H35Cl2N3O5S/c1-2-41-38(45)36(25-28-13-6-3-7-14-28)42(26-33-34(39)19-12-20-35(33)40)37(44)27-43(49(46,47)32-17-10-5-11-18-32)29-21-23-31(24-22-29)48-30-15-8-4-9-16-30/h3-24,36H,2,25-27H2,1H3,(H,41,45)/t36-/m0/s1. The van der Waals surface area contributed by atoms with Gasteiger partial charge in [-0.1, -0.05) is 96.0 Å². The van der Waals surface area contributed by atoms with E-state index >= 15 is 0 Å². The zero-order valence-corrected chi connectivity index (χ0v) is 29.0. The van der Waals surface area contributed by atoms with E-state index in [4.69, 9.17) is 27.9 Å². The second-order valence-electron chi connectivity index (χ2n) is 11.1. The lowest BCUT2D eigenvalue weighted by Gasteiger charge is -2.34. The molecule has 49 heavy (non-hydrogen) atoms. The SMILES string of the molecule is CCNC(=O)[C@H](Cc1ccccc1)N(Cc1c(Cl)cccc1Cl)C(=O)CN(c1ccc(Oc2ccccc2)cc1)S(=O)(=O)c1ccccc1. The molecule has 0 saturated heterocycles. The van der Waals surface area contributed by atoms with Gasteiger partial charge in [-0.05, 0) is 73.2 Å². The van der Waals surface area contributed by atoms with Gasteiger partial charge in [-0.2, -0.15) is 0 Å². The minimum Gasteiger partial charge on any atom is -0.457 e. The summed E-state index contributed by atoms with van der Waals surface area (Å²) in [6, 6.07) is 36.7. The van der Waals surface area contributed by atoms with Crippen molar-refractivity contribution in [3.8, 4) is 11.5 Å². The zero-order valence-electron chi connectivity index (χ0n) is 26.7. The van der Waals surface area contributed by atoms with Crippen LogP contribution in [0.15, 0.2) is 138 Å². The average molecular weight is 717 g/mol. The predicted molar refractivity (Wildman–Crippen MR) is 194 cm³/mol. The summed E-state index contributed by atoms with van der Waals surface area (Å²) in [6.45, 7) is 1.34. The molecule has 0 aromatic heterocycles. The van der Waals surface area contributed by atoms with E-state index in [0.29, 0.717) is 33.7 Å². The van der Waals surface area contributed by atoms with Gasteiger partial charge in [-0.25, -0.2) is 8.42 Å². The van der Waals surface area contributed by atoms with E-state index in [9.17, 15) is 18.0 Å². The van der Waals surface area contributed by atoms with Crippen LogP contribution < -0.4 is 14.4 Å². The van der Waals surface area contributed by atoms with Crippen molar-refractivity contribution in [3.63, 3.8) is 0 Å². The molecule has 5 aromatic carbocycles. The van der Waals surface area contributed by atoms with Gasteiger partial charge in [0.15, 0.2) is 0 Å². The van der Waals surface area contributed by atoms with Gasteiger partial charge >= 0.3 is 0 Å². The summed E-state index contributed by atoms with van der Waals surface area (Å²) in [5, 5.41) is 3.45. The second kappa shape index (κ2) is 16.5. The molecule has 1 N–H and O–H groups in total. The first-order valence-electron chi connectivity index (χ1n) is 15.6. The number of benzene rings is 5. The molecule has 0 aliphatic carbocycles. The lowest BCUT2D eigenvalue weighted by Crippen LogP contribution is -2.53. The molecule has 0 radical (unpaired) electrons. The Balaban J connectivity index is 1.56. The third-order valence-electron chi connectivity index (χ3n) is 7.73. The molecule has 0 unspecified atom stereocenters. The van der Waals surface area contributed by atoms with E-state index in [0.717, 1.165) is 9.87 Å². The molecule has 0 spiro atoms. The van der Waals surface area contributed by atoms with Crippen LogP contribution in [0.5, 0.6) is 11.5 Å². The first-order chi connectivity index (χ1) is 23.7. The Morgan fingerprint density at radius 1 is 0.735 bits per heavy atom. The molecule has 0 aliphatic heterocycles. The van der Waals surface area contributed by atoms with Crippen LogP contribution in [0.2, 0.25) is 10.0 Å². The number of ether oxygens (including phenoxy) is 1. The Hall–Kier alpha value is -4.83. The number of amides is 2. The summed E-state index contributed by atoms with van der Waals surface area (Å²) in [4.78, 5) is 29.7. The summed E-state index contributed by atoms with van der Waals surface area (Å²) in [5.41, 5.74) is 1.47. The van der Waals surface area contributed by atoms with Crippen LogP contribution in [0.25, 0.3) is 0 Å². The fourth-order valence-electron chi connectivity index (χ4n) is 5.25. The first kappa shape index (κ1) is 35.5. The molecule has 2 amide bonds. The van der Waals surface area contributed by atoms with Crippen molar-refractivity contribution in [2.45, 2.75) is 30.8 Å². The number of carbonyl (C=O) groups is 2. The number of sulfonamides is 1. The molecule has 11 heteroatoms. The van der Waals surface area contributed by atoms with Gasteiger partial charge in [0.1, 0.15) is 24.1 Å². The van der Waals surface area contributed by atoms with E-state index in [1.165, 1.54) is 17.0 Å². The molecule has 8 nitrogen and oxygen atoms in total. The second-order valence-corrected chi connectivity index (χ2v) is 13.7. The molecular weight excluding hydrogens is 681 g/mol.